The summed E-state index contributed by atoms with van der Waals surface area (Å²) in [6.07, 6.45) is 3.38. The van der Waals surface area contributed by atoms with Crippen molar-refractivity contribution in [2.75, 3.05) is 18.9 Å². The lowest BCUT2D eigenvalue weighted by Crippen LogP contribution is -2.39. The van der Waals surface area contributed by atoms with Crippen LogP contribution in [0.5, 0.6) is 0 Å². The zero-order valence-corrected chi connectivity index (χ0v) is 12.6. The molecule has 7 heteroatoms. The number of carbonyl (C=O) groups is 1. The lowest BCUT2D eigenvalue weighted by atomic mass is 10.2. The SMILES string of the molecule is CCCNC(CCSc1nncn1C)C(=O)OCC. The Balaban J connectivity index is 2.39. The largest absolute Gasteiger partial charge is 0.465 e. The number of ether oxygens (including phenoxy) is 1. The molecular formula is C12H22N4O2S. The Hall–Kier alpha value is -1.08. The summed E-state index contributed by atoms with van der Waals surface area (Å²) in [5.41, 5.74) is 0. The molecule has 0 aromatic carbocycles. The van der Waals surface area contributed by atoms with E-state index in [9.17, 15) is 4.79 Å². The topological polar surface area (TPSA) is 69.0 Å². The highest BCUT2D eigenvalue weighted by atomic mass is 32.2. The molecule has 0 aliphatic heterocycles. The average Bonchev–Trinajstić information content (AvgIpc) is 2.79. The molecule has 1 N–H and O–H groups in total. The van der Waals surface area contributed by atoms with Crippen molar-refractivity contribution in [3.8, 4) is 0 Å². The maximum absolute atomic E-state index is 11.8. The highest BCUT2D eigenvalue weighted by Crippen LogP contribution is 2.15. The van der Waals surface area contributed by atoms with Crippen molar-refractivity contribution < 1.29 is 9.53 Å². The summed E-state index contributed by atoms with van der Waals surface area (Å²) in [6, 6.07) is -0.236. The van der Waals surface area contributed by atoms with Crippen molar-refractivity contribution in [3.63, 3.8) is 0 Å². The summed E-state index contributed by atoms with van der Waals surface area (Å²) in [7, 11) is 1.90. The van der Waals surface area contributed by atoms with Crippen LogP contribution < -0.4 is 5.32 Å². The van der Waals surface area contributed by atoms with Crippen LogP contribution in [-0.4, -0.2) is 45.7 Å². The van der Waals surface area contributed by atoms with Crippen LogP contribution in [0.1, 0.15) is 26.7 Å². The first-order valence-electron chi connectivity index (χ1n) is 6.55. The van der Waals surface area contributed by atoms with E-state index in [1.165, 1.54) is 0 Å². The highest BCUT2D eigenvalue weighted by molar-refractivity contribution is 7.99. The third-order valence-corrected chi connectivity index (χ3v) is 3.59. The average molecular weight is 286 g/mol. The quantitative estimate of drug-likeness (QED) is 0.544. The van der Waals surface area contributed by atoms with E-state index >= 15 is 0 Å². The van der Waals surface area contributed by atoms with Crippen molar-refractivity contribution in [2.24, 2.45) is 7.05 Å². The fourth-order valence-electron chi connectivity index (χ4n) is 1.54. The first-order chi connectivity index (χ1) is 9.19. The van der Waals surface area contributed by atoms with Gasteiger partial charge in [0.15, 0.2) is 5.16 Å². The second-order valence-electron chi connectivity index (χ2n) is 4.12. The van der Waals surface area contributed by atoms with Gasteiger partial charge in [0.05, 0.1) is 6.61 Å². The number of aryl methyl sites for hydroxylation is 1. The summed E-state index contributed by atoms with van der Waals surface area (Å²) in [6.45, 7) is 5.13. The molecular weight excluding hydrogens is 264 g/mol. The number of hydrogen-bond donors (Lipinski definition) is 1. The minimum absolute atomic E-state index is 0.172. The lowest BCUT2D eigenvalue weighted by molar-refractivity contribution is -0.145. The van der Waals surface area contributed by atoms with Gasteiger partial charge in [0, 0.05) is 12.8 Å². The Labute approximate surface area is 118 Å². The molecule has 19 heavy (non-hydrogen) atoms. The molecule has 0 saturated carbocycles. The van der Waals surface area contributed by atoms with Crippen molar-refractivity contribution in [1.82, 2.24) is 20.1 Å². The first kappa shape index (κ1) is 16.0. The van der Waals surface area contributed by atoms with Gasteiger partial charge in [-0.1, -0.05) is 18.7 Å². The van der Waals surface area contributed by atoms with Crippen molar-refractivity contribution in [2.45, 2.75) is 37.9 Å². The van der Waals surface area contributed by atoms with Gasteiger partial charge >= 0.3 is 5.97 Å². The molecule has 1 heterocycles. The van der Waals surface area contributed by atoms with Gasteiger partial charge in [-0.2, -0.15) is 0 Å². The minimum Gasteiger partial charge on any atom is -0.465 e. The fraction of sp³-hybridized carbons (Fsp3) is 0.750. The molecule has 1 unspecified atom stereocenters. The number of aromatic nitrogens is 3. The predicted octanol–water partition coefficient (Wildman–Crippen LogP) is 1.23. The Bertz CT molecular complexity index is 384. The predicted molar refractivity (Wildman–Crippen MR) is 75.1 cm³/mol. The Morgan fingerprint density at radius 2 is 2.37 bits per heavy atom. The third-order valence-electron chi connectivity index (χ3n) is 2.52. The van der Waals surface area contributed by atoms with E-state index in [1.807, 2.05) is 18.5 Å². The maximum Gasteiger partial charge on any atom is 0.323 e. The van der Waals surface area contributed by atoms with E-state index in [1.54, 1.807) is 18.1 Å². The van der Waals surface area contributed by atoms with Gasteiger partial charge in [0.1, 0.15) is 12.4 Å². The van der Waals surface area contributed by atoms with E-state index < -0.39 is 0 Å². The monoisotopic (exact) mass is 286 g/mol. The second-order valence-corrected chi connectivity index (χ2v) is 5.18. The van der Waals surface area contributed by atoms with Gasteiger partial charge in [0.25, 0.3) is 0 Å². The van der Waals surface area contributed by atoms with Crippen LogP contribution in [0.3, 0.4) is 0 Å². The molecule has 1 aromatic rings. The first-order valence-corrected chi connectivity index (χ1v) is 7.54. The zero-order chi connectivity index (χ0) is 14.1. The van der Waals surface area contributed by atoms with Gasteiger partial charge < -0.3 is 14.6 Å². The molecule has 0 aliphatic carbocycles. The number of carbonyl (C=O) groups excluding carboxylic acids is 1. The lowest BCUT2D eigenvalue weighted by Gasteiger charge is -2.16. The van der Waals surface area contributed by atoms with Crippen LogP contribution >= 0.6 is 11.8 Å². The molecule has 1 rings (SSSR count). The molecule has 108 valence electrons. The van der Waals surface area contributed by atoms with Crippen molar-refractivity contribution >= 4 is 17.7 Å². The second kappa shape index (κ2) is 8.92. The molecule has 0 fully saturated rings. The minimum atomic E-state index is -0.236. The van der Waals surface area contributed by atoms with Gasteiger partial charge in [0.2, 0.25) is 0 Å². The van der Waals surface area contributed by atoms with Crippen LogP contribution in [0.2, 0.25) is 0 Å². The van der Waals surface area contributed by atoms with Gasteiger partial charge in [-0.15, -0.1) is 10.2 Å². The number of hydrogen-bond acceptors (Lipinski definition) is 6. The normalized spacial score (nSPS) is 12.4. The highest BCUT2D eigenvalue weighted by Gasteiger charge is 2.18. The smallest absolute Gasteiger partial charge is 0.323 e. The molecule has 0 saturated heterocycles. The molecule has 1 aromatic heterocycles. The third kappa shape index (κ3) is 5.61. The van der Waals surface area contributed by atoms with E-state index in [0.29, 0.717) is 6.61 Å². The molecule has 0 radical (unpaired) electrons. The number of rotatable bonds is 9. The fourth-order valence-corrected chi connectivity index (χ4v) is 2.43. The van der Waals surface area contributed by atoms with E-state index in [2.05, 4.69) is 22.4 Å². The maximum atomic E-state index is 11.8. The summed E-state index contributed by atoms with van der Waals surface area (Å²) >= 11 is 1.59. The zero-order valence-electron chi connectivity index (χ0n) is 11.8. The van der Waals surface area contributed by atoms with Crippen molar-refractivity contribution in [1.29, 1.82) is 0 Å². The van der Waals surface area contributed by atoms with E-state index in [4.69, 9.17) is 4.74 Å². The number of thioether (sulfide) groups is 1. The van der Waals surface area contributed by atoms with Crippen LogP contribution in [0.15, 0.2) is 11.5 Å². The Kier molecular flexibility index (Phi) is 7.50. The number of esters is 1. The molecule has 0 aliphatic rings. The van der Waals surface area contributed by atoms with Crippen LogP contribution in [-0.2, 0) is 16.6 Å². The van der Waals surface area contributed by atoms with Crippen LogP contribution in [0, 0.1) is 0 Å². The van der Waals surface area contributed by atoms with Gasteiger partial charge in [-0.25, -0.2) is 0 Å². The van der Waals surface area contributed by atoms with E-state index in [-0.39, 0.29) is 12.0 Å². The number of nitrogens with one attached hydrogen (secondary N) is 1. The van der Waals surface area contributed by atoms with Crippen LogP contribution in [0.25, 0.3) is 0 Å². The van der Waals surface area contributed by atoms with Gasteiger partial charge in [-0.3, -0.25) is 4.79 Å². The summed E-state index contributed by atoms with van der Waals surface area (Å²) in [4.78, 5) is 11.8. The summed E-state index contributed by atoms with van der Waals surface area (Å²) in [5.74, 6) is 0.627. The summed E-state index contributed by atoms with van der Waals surface area (Å²) < 4.78 is 6.93. The van der Waals surface area contributed by atoms with Crippen molar-refractivity contribution in [3.05, 3.63) is 6.33 Å². The molecule has 0 spiro atoms. The van der Waals surface area contributed by atoms with Gasteiger partial charge in [-0.05, 0) is 26.3 Å². The molecule has 1 atom stereocenters. The standard InChI is InChI=1S/C12H22N4O2S/c1-4-7-13-10(11(17)18-5-2)6-8-19-12-15-14-9-16(12)3/h9-10,13H,4-8H2,1-3H3. The summed E-state index contributed by atoms with van der Waals surface area (Å²) in [5, 5.41) is 11.9. The number of nitrogens with zero attached hydrogens (tertiary/aromatic N) is 3. The van der Waals surface area contributed by atoms with Crippen LogP contribution in [0.4, 0.5) is 0 Å². The molecule has 0 bridgehead atoms. The Morgan fingerprint density at radius 1 is 1.58 bits per heavy atom. The Morgan fingerprint density at radius 3 is 2.95 bits per heavy atom. The molecule has 6 nitrogen and oxygen atoms in total. The van der Waals surface area contributed by atoms with E-state index in [0.717, 1.165) is 30.3 Å². The molecule has 0 amide bonds.